The number of aliphatic hydroxyl groups excluding tert-OH is 1. The van der Waals surface area contributed by atoms with Gasteiger partial charge < -0.3 is 27.9 Å². The van der Waals surface area contributed by atoms with Crippen LogP contribution in [0.5, 0.6) is 0 Å². The van der Waals surface area contributed by atoms with E-state index in [0.29, 0.717) is 6.61 Å². The highest BCUT2D eigenvalue weighted by Gasteiger charge is 2.65. The lowest BCUT2D eigenvalue weighted by Crippen LogP contribution is -2.73. The first kappa shape index (κ1) is 29.9. The summed E-state index contributed by atoms with van der Waals surface area (Å²) in [6, 6.07) is 0. The van der Waals surface area contributed by atoms with Gasteiger partial charge in [-0.25, -0.2) is 0 Å². The van der Waals surface area contributed by atoms with Crippen molar-refractivity contribution in [3.8, 4) is 0 Å². The number of esters is 1. The predicted molar refractivity (Wildman–Crippen MR) is 138 cm³/mol. The van der Waals surface area contributed by atoms with Gasteiger partial charge in [-0.2, -0.15) is 0 Å². The van der Waals surface area contributed by atoms with Gasteiger partial charge >= 0.3 is 14.5 Å². The summed E-state index contributed by atoms with van der Waals surface area (Å²) in [4.78, 5) is 12.9. The average Bonchev–Trinajstić information content (AvgIpc) is 2.60. The van der Waals surface area contributed by atoms with E-state index < -0.39 is 59.0 Å². The van der Waals surface area contributed by atoms with E-state index in [1.54, 1.807) is 20.8 Å². The van der Waals surface area contributed by atoms with Crippen molar-refractivity contribution in [2.75, 3.05) is 6.61 Å². The second-order valence-electron chi connectivity index (χ2n) is 14.5. The molecule has 7 nitrogen and oxygen atoms in total. The molecule has 2 aliphatic heterocycles. The Hall–Kier alpha value is -0.296. The first-order chi connectivity index (χ1) is 14.9. The molecular weight excluding hydrogens is 468 g/mol. The first-order valence-corrected chi connectivity index (χ1v) is 17.2. The van der Waals surface area contributed by atoms with Gasteiger partial charge in [-0.05, 0) is 38.9 Å². The molecule has 2 saturated heterocycles. The number of hydrogen-bond acceptors (Lipinski definition) is 7. The van der Waals surface area contributed by atoms with Gasteiger partial charge in [0, 0.05) is 10.1 Å². The van der Waals surface area contributed by atoms with Crippen LogP contribution in [0, 0.1) is 5.41 Å². The van der Waals surface area contributed by atoms with E-state index in [0.717, 1.165) is 0 Å². The van der Waals surface area contributed by atoms with Crippen molar-refractivity contribution in [1.82, 2.24) is 0 Å². The van der Waals surface area contributed by atoms with E-state index in [-0.39, 0.29) is 15.1 Å². The normalized spacial score (nSPS) is 31.1. The summed E-state index contributed by atoms with van der Waals surface area (Å²) in [5, 5.41) is 10.4. The Morgan fingerprint density at radius 3 is 1.82 bits per heavy atom. The Labute approximate surface area is 209 Å². The molecule has 0 bridgehead atoms. The maximum absolute atomic E-state index is 12.9. The van der Waals surface area contributed by atoms with Crippen molar-refractivity contribution in [2.24, 2.45) is 5.41 Å². The highest BCUT2D eigenvalue weighted by molar-refractivity contribution is 6.74. The minimum absolute atomic E-state index is 0.0852. The minimum Gasteiger partial charge on any atom is -0.454 e. The molecule has 2 fully saturated rings. The summed E-state index contributed by atoms with van der Waals surface area (Å²) in [6.45, 7) is 29.4. The van der Waals surface area contributed by atoms with Crippen LogP contribution in [0.1, 0.15) is 83.1 Å². The van der Waals surface area contributed by atoms with Gasteiger partial charge in [0.2, 0.25) is 0 Å². The van der Waals surface area contributed by atoms with E-state index in [1.165, 1.54) is 0 Å². The quantitative estimate of drug-likeness (QED) is 0.389. The van der Waals surface area contributed by atoms with Crippen molar-refractivity contribution in [2.45, 2.75) is 142 Å². The molecule has 1 unspecified atom stereocenters. The highest BCUT2D eigenvalue weighted by Crippen LogP contribution is 2.55. The zero-order valence-corrected chi connectivity index (χ0v) is 26.0. The first-order valence-electron chi connectivity index (χ1n) is 12.5. The molecule has 200 valence electrons. The number of aliphatic hydroxyl groups is 1. The van der Waals surface area contributed by atoms with Gasteiger partial charge in [0.15, 0.2) is 20.7 Å². The fourth-order valence-electron chi connectivity index (χ4n) is 4.59. The third kappa shape index (κ3) is 5.65. The van der Waals surface area contributed by atoms with Crippen LogP contribution >= 0.6 is 0 Å². The third-order valence-electron chi connectivity index (χ3n) is 7.43. The molecule has 9 heteroatoms. The molecule has 2 rings (SSSR count). The molecule has 0 spiro atoms. The van der Waals surface area contributed by atoms with Crippen LogP contribution in [0.25, 0.3) is 0 Å². The number of ether oxygens (including phenoxy) is 2. The lowest BCUT2D eigenvalue weighted by Gasteiger charge is -2.58. The maximum Gasteiger partial charge on any atom is 0.349 e. The van der Waals surface area contributed by atoms with Crippen LogP contribution in [0.3, 0.4) is 0 Å². The zero-order valence-electron chi connectivity index (χ0n) is 24.0. The van der Waals surface area contributed by atoms with Crippen LogP contribution in [0.15, 0.2) is 0 Å². The monoisotopic (exact) mass is 518 g/mol. The van der Waals surface area contributed by atoms with Crippen molar-refractivity contribution in [3.63, 3.8) is 0 Å². The van der Waals surface area contributed by atoms with Crippen molar-refractivity contribution in [1.29, 1.82) is 0 Å². The van der Waals surface area contributed by atoms with Crippen LogP contribution < -0.4 is 0 Å². The van der Waals surface area contributed by atoms with E-state index in [1.807, 2.05) is 0 Å². The minimum atomic E-state index is -2.85. The second kappa shape index (κ2) is 9.22. The summed E-state index contributed by atoms with van der Waals surface area (Å²) in [6.07, 6.45) is -4.02. The smallest absolute Gasteiger partial charge is 0.349 e. The van der Waals surface area contributed by atoms with Crippen LogP contribution in [-0.4, -0.2) is 65.3 Å². The van der Waals surface area contributed by atoms with Crippen molar-refractivity contribution >= 4 is 22.8 Å². The van der Waals surface area contributed by atoms with Gasteiger partial charge in [-0.3, -0.25) is 4.79 Å². The Kier molecular flexibility index (Phi) is 8.12. The summed E-state index contributed by atoms with van der Waals surface area (Å²) in [7, 11) is -5.19. The predicted octanol–water partition coefficient (Wildman–Crippen LogP) is 5.51. The number of rotatable bonds is 3. The Morgan fingerprint density at radius 2 is 1.41 bits per heavy atom. The molecule has 2 heterocycles. The fourth-order valence-corrected chi connectivity index (χ4v) is 10.8. The highest BCUT2D eigenvalue weighted by atomic mass is 28.4. The number of hydrogen-bond donors (Lipinski definition) is 1. The Balaban J connectivity index is 2.58. The summed E-state index contributed by atoms with van der Waals surface area (Å²) < 4.78 is 32.3. The maximum atomic E-state index is 12.9. The Morgan fingerprint density at radius 1 is 0.912 bits per heavy atom. The number of fused-ring (bicyclic) bond motifs is 1. The van der Waals surface area contributed by atoms with E-state index in [9.17, 15) is 9.90 Å². The molecule has 2 aliphatic rings. The van der Waals surface area contributed by atoms with Crippen LogP contribution in [-0.2, 0) is 27.5 Å². The Bertz CT molecular complexity index is 726. The molecule has 0 radical (unpaired) electrons. The molecule has 5 atom stereocenters. The third-order valence-corrected chi connectivity index (χ3v) is 17.0. The van der Waals surface area contributed by atoms with Crippen molar-refractivity contribution < 1.29 is 32.7 Å². The average molecular weight is 519 g/mol. The zero-order chi connectivity index (χ0) is 26.7. The second-order valence-corrected chi connectivity index (χ2v) is 24.1. The van der Waals surface area contributed by atoms with Crippen LogP contribution in [0.2, 0.25) is 28.2 Å². The van der Waals surface area contributed by atoms with E-state index in [4.69, 9.17) is 22.8 Å². The topological polar surface area (TPSA) is 83.5 Å². The lowest BCUT2D eigenvalue weighted by atomic mass is 9.95. The molecule has 0 aromatic heterocycles. The van der Waals surface area contributed by atoms with Gasteiger partial charge in [0.25, 0.3) is 0 Å². The molecule has 34 heavy (non-hydrogen) atoms. The molecular formula is C25H50O7Si2. The van der Waals surface area contributed by atoms with Gasteiger partial charge in [-0.15, -0.1) is 0 Å². The number of carbonyl (C=O) groups is 1. The summed E-state index contributed by atoms with van der Waals surface area (Å²) in [5.74, 6) is -0.412. The summed E-state index contributed by atoms with van der Waals surface area (Å²) >= 11 is 0. The largest absolute Gasteiger partial charge is 0.454 e. The molecule has 1 N–H and O–H groups in total. The molecule has 0 saturated carbocycles. The fraction of sp³-hybridized carbons (Fsp3) is 0.960. The molecule has 0 aromatic carbocycles. The van der Waals surface area contributed by atoms with E-state index in [2.05, 4.69) is 75.4 Å². The van der Waals surface area contributed by atoms with Crippen molar-refractivity contribution in [3.05, 3.63) is 0 Å². The molecule has 0 aromatic rings. The standard InChI is InChI=1S/C25H50O7Si2/c1-22(2,3)21(27)30-19-18(31-33(13,14)23(4,5)6)17-16(29-20(19)26)15-28-34(32-17,24(7,8)9)25(10,11)12/h16-20,26H,15H2,1-14H3/t16-,17-,18+,19+,20?/m1/s1. The van der Waals surface area contributed by atoms with Gasteiger partial charge in [0.1, 0.15) is 18.3 Å². The van der Waals surface area contributed by atoms with Crippen LogP contribution in [0.4, 0.5) is 0 Å². The van der Waals surface area contributed by atoms with Gasteiger partial charge in [0.05, 0.1) is 12.0 Å². The lowest BCUT2D eigenvalue weighted by molar-refractivity contribution is -0.298. The van der Waals surface area contributed by atoms with E-state index >= 15 is 0 Å². The molecule has 0 aliphatic carbocycles. The SMILES string of the molecule is CC(C)(C)C(=O)O[C@@H]1C(O)O[C@@H]2CO[Si](C(C)(C)C)(C(C)(C)C)O[C@H]2[C@@H]1O[Si](C)(C)C(C)(C)C. The molecule has 0 amide bonds. The van der Waals surface area contributed by atoms with Gasteiger partial charge in [-0.1, -0.05) is 62.3 Å². The number of carbonyl (C=O) groups excluding carboxylic acids is 1. The summed E-state index contributed by atoms with van der Waals surface area (Å²) in [5.41, 5.74) is -0.732.